The zero-order chi connectivity index (χ0) is 9.64. The van der Waals surface area contributed by atoms with E-state index in [1.165, 1.54) is 31.0 Å². The molecule has 1 atom stereocenters. The molecule has 1 N–H and O–H groups in total. The normalized spacial score (nSPS) is 30.4. The highest BCUT2D eigenvalue weighted by atomic mass is 32.2. The summed E-state index contributed by atoms with van der Waals surface area (Å²) in [5, 5.41) is 3.58. The Bertz CT molecular complexity index is 138. The summed E-state index contributed by atoms with van der Waals surface area (Å²) in [7, 11) is 0. The van der Waals surface area contributed by atoms with E-state index in [1.54, 1.807) is 0 Å². The van der Waals surface area contributed by atoms with Gasteiger partial charge in [0, 0.05) is 37.2 Å². The van der Waals surface area contributed by atoms with Gasteiger partial charge in [-0.3, -0.25) is 4.90 Å². The Labute approximate surface area is 90.6 Å². The number of nitrogens with zero attached hydrogens (tertiary/aromatic N) is 1. The van der Waals surface area contributed by atoms with Crippen molar-refractivity contribution in [3.05, 3.63) is 0 Å². The quantitative estimate of drug-likeness (QED) is 0.739. The van der Waals surface area contributed by atoms with E-state index in [2.05, 4.69) is 22.0 Å². The fourth-order valence-corrected chi connectivity index (χ4v) is 2.97. The molecule has 82 valence electrons. The lowest BCUT2D eigenvalue weighted by Crippen LogP contribution is -2.42. The summed E-state index contributed by atoms with van der Waals surface area (Å²) in [5.74, 6) is 2.58. The molecule has 0 amide bonds. The molecule has 2 fully saturated rings. The van der Waals surface area contributed by atoms with Crippen LogP contribution in [-0.4, -0.2) is 61.8 Å². The third-order valence-corrected chi connectivity index (χ3v) is 4.03. The summed E-state index contributed by atoms with van der Waals surface area (Å²) in [5.41, 5.74) is 0. The van der Waals surface area contributed by atoms with Crippen LogP contribution in [0.1, 0.15) is 6.42 Å². The fourth-order valence-electron chi connectivity index (χ4n) is 1.97. The molecular formula is C10H20N2OS. The lowest BCUT2D eigenvalue weighted by molar-refractivity contribution is 0.0364. The van der Waals surface area contributed by atoms with Gasteiger partial charge in [0.05, 0.1) is 13.2 Å². The monoisotopic (exact) mass is 216 g/mol. The molecule has 0 aromatic heterocycles. The van der Waals surface area contributed by atoms with Crippen molar-refractivity contribution in [3.63, 3.8) is 0 Å². The van der Waals surface area contributed by atoms with E-state index < -0.39 is 0 Å². The van der Waals surface area contributed by atoms with Crippen LogP contribution in [0.15, 0.2) is 0 Å². The highest BCUT2D eigenvalue weighted by molar-refractivity contribution is 7.99. The van der Waals surface area contributed by atoms with E-state index in [-0.39, 0.29) is 0 Å². The van der Waals surface area contributed by atoms with Crippen LogP contribution in [0.4, 0.5) is 0 Å². The lowest BCUT2D eigenvalue weighted by atomic mass is 10.2. The third kappa shape index (κ3) is 3.42. The van der Waals surface area contributed by atoms with E-state index >= 15 is 0 Å². The average Bonchev–Trinajstić information content (AvgIpc) is 2.29. The van der Waals surface area contributed by atoms with Crippen LogP contribution < -0.4 is 5.32 Å². The van der Waals surface area contributed by atoms with Crippen LogP contribution in [0.25, 0.3) is 0 Å². The van der Waals surface area contributed by atoms with Crippen molar-refractivity contribution in [3.8, 4) is 0 Å². The van der Waals surface area contributed by atoms with Gasteiger partial charge in [-0.05, 0) is 13.0 Å². The summed E-state index contributed by atoms with van der Waals surface area (Å²) in [6, 6.07) is 0.747. The van der Waals surface area contributed by atoms with E-state index in [0.717, 1.165) is 32.3 Å². The average molecular weight is 216 g/mol. The van der Waals surface area contributed by atoms with Crippen molar-refractivity contribution in [1.82, 2.24) is 10.2 Å². The van der Waals surface area contributed by atoms with Crippen LogP contribution in [0.3, 0.4) is 0 Å². The smallest absolute Gasteiger partial charge is 0.0594 e. The Morgan fingerprint density at radius 1 is 1.36 bits per heavy atom. The van der Waals surface area contributed by atoms with Crippen molar-refractivity contribution in [2.24, 2.45) is 0 Å². The van der Waals surface area contributed by atoms with Gasteiger partial charge in [0.25, 0.3) is 0 Å². The minimum absolute atomic E-state index is 0.747. The van der Waals surface area contributed by atoms with Gasteiger partial charge in [-0.25, -0.2) is 0 Å². The van der Waals surface area contributed by atoms with Crippen LogP contribution in [-0.2, 0) is 4.74 Å². The molecule has 2 saturated heterocycles. The molecule has 4 heteroatoms. The predicted molar refractivity (Wildman–Crippen MR) is 61.0 cm³/mol. The first-order valence-corrected chi connectivity index (χ1v) is 6.72. The number of hydrogen-bond donors (Lipinski definition) is 1. The zero-order valence-corrected chi connectivity index (χ0v) is 9.52. The maximum absolute atomic E-state index is 5.33. The molecule has 0 aromatic carbocycles. The van der Waals surface area contributed by atoms with Gasteiger partial charge in [-0.1, -0.05) is 0 Å². The van der Waals surface area contributed by atoms with Crippen molar-refractivity contribution < 1.29 is 4.74 Å². The Balaban J connectivity index is 1.60. The van der Waals surface area contributed by atoms with Crippen molar-refractivity contribution >= 4 is 11.8 Å². The minimum atomic E-state index is 0.747. The molecule has 2 aliphatic rings. The summed E-state index contributed by atoms with van der Waals surface area (Å²) in [4.78, 5) is 2.52. The summed E-state index contributed by atoms with van der Waals surface area (Å²) < 4.78 is 5.33. The number of nitrogens with one attached hydrogen (secondary N) is 1. The number of morpholine rings is 1. The van der Waals surface area contributed by atoms with Crippen LogP contribution in [0.5, 0.6) is 0 Å². The first kappa shape index (κ1) is 10.7. The van der Waals surface area contributed by atoms with Crippen molar-refractivity contribution in [2.45, 2.75) is 12.5 Å². The topological polar surface area (TPSA) is 24.5 Å². The summed E-state index contributed by atoms with van der Waals surface area (Å²) >= 11 is 2.08. The minimum Gasteiger partial charge on any atom is -0.379 e. The van der Waals surface area contributed by atoms with Crippen LogP contribution in [0.2, 0.25) is 0 Å². The number of hydrogen-bond acceptors (Lipinski definition) is 4. The maximum atomic E-state index is 5.33. The standard InChI is InChI=1S/C10H20N2OS/c1(10-9-14-8-2-11-10)3-12-4-6-13-7-5-12/h10-11H,1-9H2. The van der Waals surface area contributed by atoms with E-state index in [0.29, 0.717) is 0 Å². The van der Waals surface area contributed by atoms with E-state index in [9.17, 15) is 0 Å². The summed E-state index contributed by atoms with van der Waals surface area (Å²) in [6.07, 6.45) is 1.30. The molecule has 14 heavy (non-hydrogen) atoms. The van der Waals surface area contributed by atoms with E-state index in [4.69, 9.17) is 4.74 Å². The van der Waals surface area contributed by atoms with Gasteiger partial charge in [-0.2, -0.15) is 11.8 Å². The van der Waals surface area contributed by atoms with Gasteiger partial charge >= 0.3 is 0 Å². The Morgan fingerprint density at radius 3 is 2.93 bits per heavy atom. The van der Waals surface area contributed by atoms with E-state index in [1.807, 2.05) is 0 Å². The molecule has 0 bridgehead atoms. The molecule has 0 aromatic rings. The molecule has 2 aliphatic heterocycles. The Kier molecular flexibility index (Phi) is 4.57. The molecule has 2 heterocycles. The number of ether oxygens (including phenoxy) is 1. The first-order chi connectivity index (χ1) is 6.95. The van der Waals surface area contributed by atoms with Crippen LogP contribution >= 0.6 is 11.8 Å². The molecule has 2 rings (SSSR count). The predicted octanol–water partition coefficient (Wildman–Crippen LogP) is 0.414. The maximum Gasteiger partial charge on any atom is 0.0594 e. The second-order valence-corrected chi connectivity index (χ2v) is 5.12. The highest BCUT2D eigenvalue weighted by Gasteiger charge is 2.15. The second-order valence-electron chi connectivity index (χ2n) is 3.97. The SMILES string of the molecule is C1CSCC(CCN2CCOCC2)N1. The molecule has 0 aliphatic carbocycles. The third-order valence-electron chi connectivity index (χ3n) is 2.90. The second kappa shape index (κ2) is 5.95. The summed E-state index contributed by atoms with van der Waals surface area (Å²) in [6.45, 7) is 6.53. The van der Waals surface area contributed by atoms with Gasteiger partial charge in [-0.15, -0.1) is 0 Å². The van der Waals surface area contributed by atoms with Gasteiger partial charge in [0.1, 0.15) is 0 Å². The van der Waals surface area contributed by atoms with Crippen LogP contribution in [0, 0.1) is 0 Å². The van der Waals surface area contributed by atoms with Gasteiger partial charge < -0.3 is 10.1 Å². The lowest BCUT2D eigenvalue weighted by Gasteiger charge is -2.29. The number of rotatable bonds is 3. The molecule has 0 radical (unpaired) electrons. The van der Waals surface area contributed by atoms with Gasteiger partial charge in [0.15, 0.2) is 0 Å². The van der Waals surface area contributed by atoms with Gasteiger partial charge in [0.2, 0.25) is 0 Å². The Morgan fingerprint density at radius 2 is 2.21 bits per heavy atom. The van der Waals surface area contributed by atoms with Crippen molar-refractivity contribution in [1.29, 1.82) is 0 Å². The number of thioether (sulfide) groups is 1. The Hall–Kier alpha value is 0.230. The molecule has 1 unspecified atom stereocenters. The molecule has 0 spiro atoms. The molecule has 3 nitrogen and oxygen atoms in total. The largest absolute Gasteiger partial charge is 0.379 e. The highest BCUT2D eigenvalue weighted by Crippen LogP contribution is 2.11. The molecule has 0 saturated carbocycles. The van der Waals surface area contributed by atoms with Crippen molar-refractivity contribution in [2.75, 3.05) is 50.9 Å². The zero-order valence-electron chi connectivity index (χ0n) is 8.71. The fraction of sp³-hybridized carbons (Fsp3) is 1.00. The molecular weight excluding hydrogens is 196 g/mol. The first-order valence-electron chi connectivity index (χ1n) is 5.56.